The van der Waals surface area contributed by atoms with Crippen LogP contribution in [-0.2, 0) is 20.4 Å². The Kier molecular flexibility index (Phi) is 4.35. The lowest BCUT2D eigenvalue weighted by Gasteiger charge is -2.21. The Morgan fingerprint density at radius 2 is 1.85 bits per heavy atom. The molecular weight excluding hydrogens is 194 g/mol. The third-order valence-electron chi connectivity index (χ3n) is 1.06. The van der Waals surface area contributed by atoms with Crippen molar-refractivity contribution in [2.75, 3.05) is 0 Å². The summed E-state index contributed by atoms with van der Waals surface area (Å²) in [5, 5.41) is 0. The molecule has 0 heterocycles. The van der Waals surface area contributed by atoms with Gasteiger partial charge in [-0.15, -0.1) is 0 Å². The SMILES string of the molecule is C[C@@H](N[SH](=O)=O)C(=O)OC(C)(C)C. The van der Waals surface area contributed by atoms with Crippen molar-refractivity contribution in [2.24, 2.45) is 0 Å². The van der Waals surface area contributed by atoms with Gasteiger partial charge in [0.05, 0.1) is 0 Å². The maximum absolute atomic E-state index is 11.1. The van der Waals surface area contributed by atoms with Crippen molar-refractivity contribution in [1.29, 1.82) is 0 Å². The van der Waals surface area contributed by atoms with Crippen LogP contribution in [0.4, 0.5) is 0 Å². The molecule has 5 nitrogen and oxygen atoms in total. The van der Waals surface area contributed by atoms with E-state index in [1.807, 2.05) is 4.72 Å². The highest BCUT2D eigenvalue weighted by Crippen LogP contribution is 2.07. The van der Waals surface area contributed by atoms with E-state index in [-0.39, 0.29) is 0 Å². The standard InChI is InChI=1S/C7H15NO4S/c1-5(8-13(10)11)6(9)12-7(2,3)4/h5,13H,1-4H3,(H,8,10,11)/t5-/m1/s1. The predicted molar refractivity (Wildman–Crippen MR) is 48.8 cm³/mol. The van der Waals surface area contributed by atoms with Crippen molar-refractivity contribution in [2.45, 2.75) is 39.3 Å². The number of hydrogen-bond acceptors (Lipinski definition) is 4. The van der Waals surface area contributed by atoms with Crippen molar-refractivity contribution >= 4 is 16.9 Å². The molecule has 13 heavy (non-hydrogen) atoms. The number of ether oxygens (including phenoxy) is 1. The predicted octanol–water partition coefficient (Wildman–Crippen LogP) is -0.167. The fourth-order valence-corrected chi connectivity index (χ4v) is 1.02. The molecule has 0 aliphatic rings. The zero-order valence-electron chi connectivity index (χ0n) is 8.16. The maximum atomic E-state index is 11.1. The Morgan fingerprint density at radius 1 is 1.38 bits per heavy atom. The quantitative estimate of drug-likeness (QED) is 0.500. The van der Waals surface area contributed by atoms with E-state index in [4.69, 9.17) is 4.74 Å². The van der Waals surface area contributed by atoms with E-state index < -0.39 is 28.5 Å². The van der Waals surface area contributed by atoms with E-state index >= 15 is 0 Å². The second-order valence-electron chi connectivity index (χ2n) is 3.64. The lowest BCUT2D eigenvalue weighted by atomic mass is 10.2. The lowest BCUT2D eigenvalue weighted by molar-refractivity contribution is -0.156. The Bertz CT molecular complexity index is 246. The van der Waals surface area contributed by atoms with Gasteiger partial charge in [-0.2, -0.15) is 0 Å². The fourth-order valence-electron chi connectivity index (χ4n) is 0.601. The third kappa shape index (κ3) is 6.53. The minimum Gasteiger partial charge on any atom is -0.459 e. The molecular formula is C7H15NO4S. The van der Waals surface area contributed by atoms with Gasteiger partial charge in [-0.3, -0.25) is 4.79 Å². The van der Waals surface area contributed by atoms with Crippen LogP contribution in [0.15, 0.2) is 0 Å². The Labute approximate surface area is 79.5 Å². The largest absolute Gasteiger partial charge is 0.459 e. The Morgan fingerprint density at radius 3 is 2.15 bits per heavy atom. The van der Waals surface area contributed by atoms with E-state index in [0.29, 0.717) is 0 Å². The van der Waals surface area contributed by atoms with Crippen LogP contribution in [0.5, 0.6) is 0 Å². The number of nitrogens with one attached hydrogen (secondary N) is 1. The molecule has 1 atom stereocenters. The summed E-state index contributed by atoms with van der Waals surface area (Å²) in [6.45, 7) is 6.58. The van der Waals surface area contributed by atoms with Gasteiger partial charge in [-0.05, 0) is 27.7 Å². The van der Waals surface area contributed by atoms with Crippen LogP contribution in [0.25, 0.3) is 0 Å². The Balaban J connectivity index is 4.12. The summed E-state index contributed by atoms with van der Waals surface area (Å²) >= 11 is 0. The first-order chi connectivity index (χ1) is 5.72. The summed E-state index contributed by atoms with van der Waals surface area (Å²) in [5.41, 5.74) is -0.596. The molecule has 0 radical (unpaired) electrons. The molecule has 0 saturated heterocycles. The highest BCUT2D eigenvalue weighted by Gasteiger charge is 2.21. The van der Waals surface area contributed by atoms with Crippen LogP contribution in [0, 0.1) is 0 Å². The fraction of sp³-hybridized carbons (Fsp3) is 0.857. The second-order valence-corrected chi connectivity index (χ2v) is 4.41. The van der Waals surface area contributed by atoms with Gasteiger partial charge in [0, 0.05) is 0 Å². The molecule has 0 rings (SSSR count). The van der Waals surface area contributed by atoms with Crippen LogP contribution >= 0.6 is 0 Å². The summed E-state index contributed by atoms with van der Waals surface area (Å²) in [5.74, 6) is -0.577. The van der Waals surface area contributed by atoms with E-state index in [2.05, 4.69) is 0 Å². The first-order valence-electron chi connectivity index (χ1n) is 3.86. The van der Waals surface area contributed by atoms with Crippen LogP contribution in [0.2, 0.25) is 0 Å². The first kappa shape index (κ1) is 12.4. The van der Waals surface area contributed by atoms with Gasteiger partial charge in [-0.25, -0.2) is 13.1 Å². The highest BCUT2D eigenvalue weighted by atomic mass is 32.2. The average molecular weight is 209 g/mol. The molecule has 0 aromatic carbocycles. The molecule has 0 unspecified atom stereocenters. The highest BCUT2D eigenvalue weighted by molar-refractivity contribution is 7.70. The summed E-state index contributed by atoms with van der Waals surface area (Å²) < 4.78 is 27.4. The van der Waals surface area contributed by atoms with E-state index in [9.17, 15) is 13.2 Å². The lowest BCUT2D eigenvalue weighted by Crippen LogP contribution is -2.38. The minimum atomic E-state index is -2.76. The molecule has 1 N–H and O–H groups in total. The number of carbonyl (C=O) groups excluding carboxylic acids is 1. The van der Waals surface area contributed by atoms with E-state index in [1.54, 1.807) is 20.8 Å². The third-order valence-corrected chi connectivity index (χ3v) is 1.66. The minimum absolute atomic E-state index is 0.577. The summed E-state index contributed by atoms with van der Waals surface area (Å²) in [4.78, 5) is 11.1. The second kappa shape index (κ2) is 4.57. The first-order valence-corrected chi connectivity index (χ1v) is 5.03. The van der Waals surface area contributed by atoms with Crippen molar-refractivity contribution < 1.29 is 17.9 Å². The van der Waals surface area contributed by atoms with Crippen molar-refractivity contribution in [3.8, 4) is 0 Å². The molecule has 0 saturated carbocycles. The molecule has 0 spiro atoms. The number of rotatable bonds is 3. The normalized spacial score (nSPS) is 14.2. The summed E-state index contributed by atoms with van der Waals surface area (Å²) in [6.07, 6.45) is 0. The topological polar surface area (TPSA) is 72.5 Å². The van der Waals surface area contributed by atoms with Gasteiger partial charge in [0.25, 0.3) is 0 Å². The molecule has 0 amide bonds. The molecule has 0 fully saturated rings. The smallest absolute Gasteiger partial charge is 0.324 e. The summed E-state index contributed by atoms with van der Waals surface area (Å²) in [6, 6.07) is -0.833. The van der Waals surface area contributed by atoms with Gasteiger partial charge in [0.2, 0.25) is 10.9 Å². The molecule has 0 bridgehead atoms. The van der Waals surface area contributed by atoms with Gasteiger partial charge >= 0.3 is 5.97 Å². The average Bonchev–Trinajstić information content (AvgIpc) is 1.81. The maximum Gasteiger partial charge on any atom is 0.324 e. The van der Waals surface area contributed by atoms with Gasteiger partial charge in [0.15, 0.2) is 0 Å². The van der Waals surface area contributed by atoms with Crippen LogP contribution in [-0.4, -0.2) is 26.0 Å². The number of esters is 1. The molecule has 0 aliphatic carbocycles. The van der Waals surface area contributed by atoms with E-state index in [0.717, 1.165) is 0 Å². The van der Waals surface area contributed by atoms with Crippen molar-refractivity contribution in [3.05, 3.63) is 0 Å². The van der Waals surface area contributed by atoms with Crippen molar-refractivity contribution in [1.82, 2.24) is 4.72 Å². The van der Waals surface area contributed by atoms with Gasteiger partial charge in [-0.1, -0.05) is 0 Å². The summed E-state index contributed by atoms with van der Waals surface area (Å²) in [7, 11) is -2.76. The number of carbonyl (C=O) groups is 1. The van der Waals surface area contributed by atoms with Gasteiger partial charge in [0.1, 0.15) is 11.6 Å². The van der Waals surface area contributed by atoms with Gasteiger partial charge < -0.3 is 4.74 Å². The molecule has 6 heteroatoms. The molecule has 0 aliphatic heterocycles. The molecule has 78 valence electrons. The van der Waals surface area contributed by atoms with Crippen molar-refractivity contribution in [3.63, 3.8) is 0 Å². The number of thiol groups is 1. The molecule has 0 aromatic rings. The van der Waals surface area contributed by atoms with E-state index in [1.165, 1.54) is 6.92 Å². The van der Waals surface area contributed by atoms with Crippen LogP contribution in [0.3, 0.4) is 0 Å². The zero-order valence-corrected chi connectivity index (χ0v) is 9.05. The van der Waals surface area contributed by atoms with Crippen LogP contribution < -0.4 is 4.72 Å². The Hall–Kier alpha value is -0.620. The monoisotopic (exact) mass is 209 g/mol. The molecule has 0 aromatic heterocycles. The van der Waals surface area contributed by atoms with Crippen LogP contribution in [0.1, 0.15) is 27.7 Å². The number of hydrogen-bond donors (Lipinski definition) is 2. The zero-order chi connectivity index (χ0) is 10.6.